The Kier molecular flexibility index (Phi) is 4.10. The van der Waals surface area contributed by atoms with Crippen LogP contribution in [0.25, 0.3) is 5.69 Å². The molecule has 130 valence electrons. The monoisotopic (exact) mass is 348 g/mol. The van der Waals surface area contributed by atoms with Gasteiger partial charge in [-0.15, -0.1) is 0 Å². The molecule has 0 bridgehead atoms. The highest BCUT2D eigenvalue weighted by Crippen LogP contribution is 2.31. The highest BCUT2D eigenvalue weighted by Gasteiger charge is 2.27. The first-order valence-electron chi connectivity index (χ1n) is 8.07. The second-order valence-corrected chi connectivity index (χ2v) is 5.74. The molecule has 4 rings (SSSR count). The van der Waals surface area contributed by atoms with E-state index in [4.69, 9.17) is 14.9 Å². The largest absolute Gasteiger partial charge is 0.485 e. The van der Waals surface area contributed by atoms with Crippen LogP contribution in [0.15, 0.2) is 67.3 Å². The molecule has 7 nitrogen and oxygen atoms in total. The number of ether oxygens (including phenoxy) is 2. The van der Waals surface area contributed by atoms with Crippen molar-refractivity contribution in [3.05, 3.63) is 72.6 Å². The van der Waals surface area contributed by atoms with Crippen molar-refractivity contribution >= 4 is 11.6 Å². The molecule has 1 atom stereocenters. The molecule has 26 heavy (non-hydrogen) atoms. The van der Waals surface area contributed by atoms with Gasteiger partial charge in [-0.25, -0.2) is 0 Å². The maximum absolute atomic E-state index is 12.6. The lowest BCUT2D eigenvalue weighted by Gasteiger charge is -2.25. The summed E-state index contributed by atoms with van der Waals surface area (Å²) < 4.78 is 13.1. The summed E-state index contributed by atoms with van der Waals surface area (Å²) in [5, 5.41) is 11.0. The van der Waals surface area contributed by atoms with E-state index in [9.17, 15) is 4.79 Å². The van der Waals surface area contributed by atoms with Gasteiger partial charge in [0, 0.05) is 30.5 Å². The summed E-state index contributed by atoms with van der Waals surface area (Å²) in [6.45, 7) is 0.118. The SMILES string of the molecule is N=c1ccn(-c2ccncc2)cc1NC(=O)C1COc2ccccc2O1. The molecule has 1 unspecified atom stereocenters. The molecule has 0 aliphatic carbocycles. The molecule has 0 saturated heterocycles. The molecule has 1 aliphatic rings. The average Bonchev–Trinajstić information content (AvgIpc) is 2.70. The smallest absolute Gasteiger partial charge is 0.269 e. The zero-order valence-corrected chi connectivity index (χ0v) is 13.8. The molecular weight excluding hydrogens is 332 g/mol. The number of para-hydroxylation sites is 2. The number of rotatable bonds is 3. The first kappa shape index (κ1) is 15.9. The molecule has 2 aromatic heterocycles. The lowest BCUT2D eigenvalue weighted by molar-refractivity contribution is -0.125. The maximum atomic E-state index is 12.6. The van der Waals surface area contributed by atoms with Gasteiger partial charge in [0.1, 0.15) is 6.61 Å². The number of nitrogens with one attached hydrogen (secondary N) is 2. The number of amides is 1. The van der Waals surface area contributed by atoms with Crippen molar-refractivity contribution in [2.24, 2.45) is 0 Å². The Labute approximate surface area is 149 Å². The van der Waals surface area contributed by atoms with Crippen LogP contribution in [0.4, 0.5) is 5.69 Å². The molecule has 3 heterocycles. The van der Waals surface area contributed by atoms with Crippen molar-refractivity contribution in [3.63, 3.8) is 0 Å². The number of benzene rings is 1. The van der Waals surface area contributed by atoms with Crippen LogP contribution in [-0.2, 0) is 4.79 Å². The van der Waals surface area contributed by atoms with E-state index in [2.05, 4.69) is 10.3 Å². The number of carbonyl (C=O) groups excluding carboxylic acids is 1. The van der Waals surface area contributed by atoms with Gasteiger partial charge < -0.3 is 19.4 Å². The number of aromatic nitrogens is 2. The van der Waals surface area contributed by atoms with E-state index in [-0.39, 0.29) is 17.9 Å². The summed E-state index contributed by atoms with van der Waals surface area (Å²) in [6.07, 6.45) is 6.02. The molecular formula is C19H16N4O3. The van der Waals surface area contributed by atoms with Crippen molar-refractivity contribution in [1.82, 2.24) is 9.55 Å². The third-order valence-corrected chi connectivity index (χ3v) is 3.98. The van der Waals surface area contributed by atoms with Crippen LogP contribution in [0.1, 0.15) is 0 Å². The van der Waals surface area contributed by atoms with Gasteiger partial charge in [0.25, 0.3) is 5.91 Å². The fraction of sp³-hybridized carbons (Fsp3) is 0.105. The zero-order chi connectivity index (χ0) is 17.9. The second kappa shape index (κ2) is 6.72. The molecule has 0 saturated carbocycles. The predicted molar refractivity (Wildman–Crippen MR) is 94.4 cm³/mol. The Balaban J connectivity index is 1.54. The Morgan fingerprint density at radius 2 is 1.92 bits per heavy atom. The van der Waals surface area contributed by atoms with Gasteiger partial charge in [0.15, 0.2) is 11.5 Å². The van der Waals surface area contributed by atoms with Gasteiger partial charge >= 0.3 is 0 Å². The van der Waals surface area contributed by atoms with Gasteiger partial charge in [-0.2, -0.15) is 0 Å². The number of fused-ring (bicyclic) bond motifs is 1. The number of pyridine rings is 2. The minimum Gasteiger partial charge on any atom is -0.485 e. The van der Waals surface area contributed by atoms with Crippen molar-refractivity contribution in [2.45, 2.75) is 6.10 Å². The second-order valence-electron chi connectivity index (χ2n) is 5.74. The van der Waals surface area contributed by atoms with Crippen LogP contribution >= 0.6 is 0 Å². The topological polar surface area (TPSA) is 89.2 Å². The first-order valence-corrected chi connectivity index (χ1v) is 8.07. The average molecular weight is 348 g/mol. The minimum atomic E-state index is -0.779. The number of hydrogen-bond acceptors (Lipinski definition) is 5. The Morgan fingerprint density at radius 3 is 2.73 bits per heavy atom. The van der Waals surface area contributed by atoms with Crippen LogP contribution in [0.5, 0.6) is 11.5 Å². The molecule has 0 radical (unpaired) electrons. The molecule has 2 N–H and O–H groups in total. The van der Waals surface area contributed by atoms with Gasteiger partial charge in [-0.1, -0.05) is 12.1 Å². The molecule has 1 amide bonds. The summed E-state index contributed by atoms with van der Waals surface area (Å²) in [7, 11) is 0. The molecule has 3 aromatic rings. The van der Waals surface area contributed by atoms with Crippen LogP contribution in [0, 0.1) is 5.41 Å². The van der Waals surface area contributed by atoms with E-state index in [1.807, 2.05) is 28.8 Å². The lowest BCUT2D eigenvalue weighted by Crippen LogP contribution is -2.41. The van der Waals surface area contributed by atoms with E-state index in [1.54, 1.807) is 43.0 Å². The number of carbonyl (C=O) groups is 1. The zero-order valence-electron chi connectivity index (χ0n) is 13.8. The first-order chi connectivity index (χ1) is 12.7. The Morgan fingerprint density at radius 1 is 1.15 bits per heavy atom. The van der Waals surface area contributed by atoms with E-state index in [0.717, 1.165) is 5.69 Å². The number of nitrogens with zero attached hydrogens (tertiary/aromatic N) is 2. The van der Waals surface area contributed by atoms with E-state index in [0.29, 0.717) is 17.2 Å². The van der Waals surface area contributed by atoms with Gasteiger partial charge in [0.05, 0.1) is 11.0 Å². The third-order valence-electron chi connectivity index (χ3n) is 3.98. The van der Waals surface area contributed by atoms with Crippen molar-refractivity contribution in [2.75, 3.05) is 11.9 Å². The van der Waals surface area contributed by atoms with E-state index in [1.165, 1.54) is 0 Å². The van der Waals surface area contributed by atoms with Crippen molar-refractivity contribution < 1.29 is 14.3 Å². The van der Waals surface area contributed by atoms with Crippen LogP contribution in [0.2, 0.25) is 0 Å². The summed E-state index contributed by atoms with van der Waals surface area (Å²) in [5.74, 6) is 0.790. The van der Waals surface area contributed by atoms with E-state index >= 15 is 0 Å². The highest BCUT2D eigenvalue weighted by molar-refractivity contribution is 5.94. The molecule has 0 spiro atoms. The quantitative estimate of drug-likeness (QED) is 0.759. The fourth-order valence-electron chi connectivity index (χ4n) is 2.63. The maximum Gasteiger partial charge on any atom is 0.269 e. The van der Waals surface area contributed by atoms with Crippen LogP contribution in [0.3, 0.4) is 0 Å². The van der Waals surface area contributed by atoms with Crippen LogP contribution in [-0.4, -0.2) is 28.2 Å². The minimum absolute atomic E-state index is 0.118. The van der Waals surface area contributed by atoms with E-state index < -0.39 is 6.10 Å². The van der Waals surface area contributed by atoms with Crippen molar-refractivity contribution in [3.8, 4) is 17.2 Å². The van der Waals surface area contributed by atoms with Crippen molar-refractivity contribution in [1.29, 1.82) is 5.41 Å². The molecule has 1 aromatic carbocycles. The lowest BCUT2D eigenvalue weighted by atomic mass is 10.2. The Bertz CT molecular complexity index is 1000. The molecule has 7 heteroatoms. The molecule has 0 fully saturated rings. The number of anilines is 1. The Hall–Kier alpha value is -3.61. The standard InChI is InChI=1S/C19H16N4O3/c20-14-7-10-23(13-5-8-21-9-6-13)11-15(14)22-19(24)18-12-25-16-3-1-2-4-17(16)26-18/h1-11,18,20H,12H2,(H,22,24). The van der Waals surface area contributed by atoms with Crippen LogP contribution < -0.4 is 20.1 Å². The van der Waals surface area contributed by atoms with Gasteiger partial charge in [-0.05, 0) is 30.3 Å². The third kappa shape index (κ3) is 3.14. The summed E-state index contributed by atoms with van der Waals surface area (Å²) >= 11 is 0. The van der Waals surface area contributed by atoms with Gasteiger partial charge in [-0.3, -0.25) is 15.2 Å². The predicted octanol–water partition coefficient (Wildman–Crippen LogP) is 2.13. The number of hydrogen-bond donors (Lipinski definition) is 2. The highest BCUT2D eigenvalue weighted by atomic mass is 16.6. The molecule has 1 aliphatic heterocycles. The fourth-order valence-corrected chi connectivity index (χ4v) is 2.63. The summed E-state index contributed by atoms with van der Waals surface area (Å²) in [5.41, 5.74) is 1.26. The summed E-state index contributed by atoms with van der Waals surface area (Å²) in [4.78, 5) is 16.5. The van der Waals surface area contributed by atoms with Gasteiger partial charge in [0.2, 0.25) is 6.10 Å². The summed E-state index contributed by atoms with van der Waals surface area (Å²) in [6, 6.07) is 12.5. The normalized spacial score (nSPS) is 15.3.